The second-order valence-corrected chi connectivity index (χ2v) is 11.0. The Morgan fingerprint density at radius 2 is 1.79 bits per heavy atom. The van der Waals surface area contributed by atoms with Gasteiger partial charge in [-0.05, 0) is 44.7 Å². The first-order valence-corrected chi connectivity index (χ1v) is 13.1. The highest BCUT2D eigenvalue weighted by Gasteiger charge is 2.44. The summed E-state index contributed by atoms with van der Waals surface area (Å²) in [5.41, 5.74) is 0.538. The van der Waals surface area contributed by atoms with Gasteiger partial charge in [0.2, 0.25) is 11.8 Å². The number of carboxylic acids is 2. The minimum atomic E-state index is -1.26. The second kappa shape index (κ2) is 14.3. The van der Waals surface area contributed by atoms with Gasteiger partial charge in [-0.1, -0.05) is 37.6 Å². The summed E-state index contributed by atoms with van der Waals surface area (Å²) in [5.74, 6) is -1.84. The minimum absolute atomic E-state index is 0.0472. The van der Waals surface area contributed by atoms with E-state index in [1.165, 1.54) is 0 Å². The molecule has 11 heteroatoms. The Morgan fingerprint density at radius 3 is 2.37 bits per heavy atom. The number of carbonyl (C=O) groups is 4. The summed E-state index contributed by atoms with van der Waals surface area (Å²) < 4.78 is 0. The number of carboxylic acid groups (broad SMARTS) is 2. The van der Waals surface area contributed by atoms with Crippen molar-refractivity contribution in [3.63, 3.8) is 0 Å². The third-order valence-electron chi connectivity index (χ3n) is 6.60. The number of carbonyl (C=O) groups excluding carboxylic acids is 2. The molecule has 10 nitrogen and oxygen atoms in total. The Bertz CT molecular complexity index is 1010. The highest BCUT2D eigenvalue weighted by atomic mass is 35.5. The van der Waals surface area contributed by atoms with E-state index in [0.717, 1.165) is 31.6 Å². The highest BCUT2D eigenvalue weighted by molar-refractivity contribution is 6.33. The minimum Gasteiger partial charge on any atom is -0.478 e. The van der Waals surface area contributed by atoms with E-state index < -0.39 is 11.9 Å². The first kappa shape index (κ1) is 31.3. The van der Waals surface area contributed by atoms with Crippen molar-refractivity contribution < 1.29 is 29.4 Å². The normalized spacial score (nSPS) is 21.6. The zero-order chi connectivity index (χ0) is 28.5. The fourth-order valence-corrected chi connectivity index (χ4v) is 4.89. The van der Waals surface area contributed by atoms with Gasteiger partial charge in [0.05, 0.1) is 23.2 Å². The number of nitrogens with one attached hydrogen (secondary N) is 2. The number of halogens is 1. The van der Waals surface area contributed by atoms with Gasteiger partial charge in [-0.15, -0.1) is 0 Å². The van der Waals surface area contributed by atoms with Gasteiger partial charge < -0.3 is 25.7 Å². The van der Waals surface area contributed by atoms with Gasteiger partial charge in [-0.2, -0.15) is 0 Å². The lowest BCUT2D eigenvalue weighted by molar-refractivity contribution is -0.134. The molecule has 4 N–H and O–H groups in total. The number of anilines is 1. The van der Waals surface area contributed by atoms with E-state index in [-0.39, 0.29) is 29.3 Å². The molecule has 2 amide bonds. The predicted molar refractivity (Wildman–Crippen MR) is 146 cm³/mol. The molecule has 1 aromatic rings. The molecule has 38 heavy (non-hydrogen) atoms. The van der Waals surface area contributed by atoms with Crippen LogP contribution < -0.4 is 15.5 Å². The lowest BCUT2D eigenvalue weighted by atomic mass is 9.88. The van der Waals surface area contributed by atoms with E-state index in [2.05, 4.69) is 43.2 Å². The molecule has 0 radical (unpaired) electrons. The van der Waals surface area contributed by atoms with Crippen LogP contribution in [0.5, 0.6) is 0 Å². The van der Waals surface area contributed by atoms with Crippen molar-refractivity contribution >= 4 is 41.0 Å². The molecule has 0 saturated carbocycles. The van der Waals surface area contributed by atoms with Crippen LogP contribution >= 0.6 is 11.6 Å². The van der Waals surface area contributed by atoms with Crippen LogP contribution in [0, 0.1) is 11.8 Å². The van der Waals surface area contributed by atoms with Gasteiger partial charge in [-0.25, -0.2) is 9.59 Å². The van der Waals surface area contributed by atoms with Gasteiger partial charge in [-0.3, -0.25) is 14.5 Å². The monoisotopic (exact) mass is 550 g/mol. The van der Waals surface area contributed by atoms with Crippen LogP contribution in [-0.4, -0.2) is 83.2 Å². The van der Waals surface area contributed by atoms with Crippen molar-refractivity contribution in [1.82, 2.24) is 15.5 Å². The number of benzene rings is 1. The molecule has 3 rings (SSSR count). The van der Waals surface area contributed by atoms with E-state index in [0.29, 0.717) is 42.7 Å². The Labute approximate surface area is 229 Å². The summed E-state index contributed by atoms with van der Waals surface area (Å²) in [6.07, 6.45) is 2.87. The molecule has 2 heterocycles. The van der Waals surface area contributed by atoms with Gasteiger partial charge in [0.1, 0.15) is 0 Å². The van der Waals surface area contributed by atoms with Crippen molar-refractivity contribution in [1.29, 1.82) is 0 Å². The fourth-order valence-electron chi connectivity index (χ4n) is 4.65. The van der Waals surface area contributed by atoms with Crippen molar-refractivity contribution in [2.24, 2.45) is 11.8 Å². The van der Waals surface area contributed by atoms with E-state index in [9.17, 15) is 19.2 Å². The molecule has 0 spiro atoms. The maximum atomic E-state index is 13.0. The van der Waals surface area contributed by atoms with Crippen LogP contribution in [0.15, 0.2) is 36.4 Å². The number of piperidine rings is 1. The standard InChI is InChI=1S/C23H35ClN4O2.C4H4O4/c1-16(2)9-10-26-22(30)17-11-18(13-25-12-17)28-14-21(29)27(15-23(28,3)4)20-8-6-5-7-19(20)24;5-3(6)1-2-4(7)8/h5-8,16-18,25H,9-15H2,1-4H3,(H,26,30);1-2H,(H,5,6)(H,7,8)/b;2-1+/t17-,18+;/m0./s1. The molecule has 210 valence electrons. The van der Waals surface area contributed by atoms with E-state index in [1.54, 1.807) is 4.90 Å². The zero-order valence-electron chi connectivity index (χ0n) is 22.4. The molecule has 0 aromatic heterocycles. The lowest BCUT2D eigenvalue weighted by Crippen LogP contribution is -2.67. The quantitative estimate of drug-likeness (QED) is 0.362. The largest absolute Gasteiger partial charge is 0.478 e. The molecule has 2 aliphatic rings. The first-order chi connectivity index (χ1) is 17.8. The number of piperazine rings is 1. The predicted octanol–water partition coefficient (Wildman–Crippen LogP) is 2.62. The smallest absolute Gasteiger partial charge is 0.328 e. The van der Waals surface area contributed by atoms with Gasteiger partial charge in [0.25, 0.3) is 0 Å². The molecule has 2 aliphatic heterocycles. The molecule has 2 saturated heterocycles. The molecule has 0 bridgehead atoms. The molecular weight excluding hydrogens is 512 g/mol. The van der Waals surface area contributed by atoms with Gasteiger partial charge in [0, 0.05) is 49.9 Å². The van der Waals surface area contributed by atoms with Crippen LogP contribution in [0.25, 0.3) is 0 Å². The lowest BCUT2D eigenvalue weighted by Gasteiger charge is -2.51. The van der Waals surface area contributed by atoms with Gasteiger partial charge in [0.15, 0.2) is 0 Å². The Kier molecular flexibility index (Phi) is 11.7. The number of amides is 2. The van der Waals surface area contributed by atoms with Crippen LogP contribution in [0.4, 0.5) is 5.69 Å². The topological polar surface area (TPSA) is 139 Å². The van der Waals surface area contributed by atoms with Crippen molar-refractivity contribution in [3.8, 4) is 0 Å². The average molecular weight is 551 g/mol. The molecule has 0 unspecified atom stereocenters. The van der Waals surface area contributed by atoms with Crippen LogP contribution in [0.3, 0.4) is 0 Å². The summed E-state index contributed by atoms with van der Waals surface area (Å²) in [6.45, 7) is 11.7. The van der Waals surface area contributed by atoms with Gasteiger partial charge >= 0.3 is 11.9 Å². The zero-order valence-corrected chi connectivity index (χ0v) is 23.2. The first-order valence-electron chi connectivity index (χ1n) is 12.8. The highest BCUT2D eigenvalue weighted by Crippen LogP contribution is 2.33. The van der Waals surface area contributed by atoms with Crippen LogP contribution in [-0.2, 0) is 19.2 Å². The summed E-state index contributed by atoms with van der Waals surface area (Å²) >= 11 is 6.35. The number of para-hydroxylation sites is 1. The SMILES string of the molecule is CC(C)CCNC(=O)[C@@H]1CNC[C@H](N2CC(=O)N(c3ccccc3Cl)CC2(C)C)C1.O=C(O)/C=C/C(=O)O. The van der Waals surface area contributed by atoms with Crippen molar-refractivity contribution in [2.75, 3.05) is 37.6 Å². The Hall–Kier alpha value is -2.95. The Morgan fingerprint density at radius 1 is 1.16 bits per heavy atom. The summed E-state index contributed by atoms with van der Waals surface area (Å²) in [4.78, 5) is 48.9. The maximum Gasteiger partial charge on any atom is 0.328 e. The van der Waals surface area contributed by atoms with Crippen LogP contribution in [0.1, 0.15) is 40.5 Å². The third-order valence-corrected chi connectivity index (χ3v) is 6.92. The fraction of sp³-hybridized carbons (Fsp3) is 0.556. The molecule has 2 fully saturated rings. The summed E-state index contributed by atoms with van der Waals surface area (Å²) in [7, 11) is 0. The average Bonchev–Trinajstić information content (AvgIpc) is 2.84. The molecular formula is C27H39ClN4O6. The van der Waals surface area contributed by atoms with E-state index in [1.807, 2.05) is 24.3 Å². The number of aliphatic carboxylic acids is 2. The van der Waals surface area contributed by atoms with Crippen molar-refractivity contribution in [2.45, 2.75) is 52.1 Å². The number of nitrogens with zero attached hydrogens (tertiary/aromatic N) is 2. The summed E-state index contributed by atoms with van der Waals surface area (Å²) in [5, 5.41) is 22.7. The van der Waals surface area contributed by atoms with Crippen LogP contribution in [0.2, 0.25) is 5.02 Å². The van der Waals surface area contributed by atoms with E-state index >= 15 is 0 Å². The number of hydrogen-bond acceptors (Lipinski definition) is 6. The second-order valence-electron chi connectivity index (χ2n) is 10.6. The number of hydrogen-bond donors (Lipinski definition) is 4. The molecule has 1 aromatic carbocycles. The summed E-state index contributed by atoms with van der Waals surface area (Å²) in [6, 6.07) is 7.63. The maximum absolute atomic E-state index is 13.0. The van der Waals surface area contributed by atoms with E-state index in [4.69, 9.17) is 21.8 Å². The molecule has 2 atom stereocenters. The molecule has 0 aliphatic carbocycles. The Balaban J connectivity index is 0.000000550. The number of rotatable bonds is 8. The third kappa shape index (κ3) is 9.41. The van der Waals surface area contributed by atoms with Crippen molar-refractivity contribution in [3.05, 3.63) is 41.4 Å².